The topological polar surface area (TPSA) is 81.9 Å². The van der Waals surface area contributed by atoms with E-state index in [4.69, 9.17) is 10.5 Å². The fourth-order valence-corrected chi connectivity index (χ4v) is 2.47. The molecule has 2 unspecified atom stereocenters. The highest BCUT2D eigenvalue weighted by Crippen LogP contribution is 2.50. The van der Waals surface area contributed by atoms with E-state index >= 15 is 0 Å². The summed E-state index contributed by atoms with van der Waals surface area (Å²) >= 11 is 0. The number of esters is 1. The standard InChI is InChI=1S/C13H24N2O4/c1-6-19-9-7-13(14,12(9,2)3)11(17)15(4)8-10(16)18-5/h9H,6-8,14H2,1-5H3. The van der Waals surface area contributed by atoms with Gasteiger partial charge in [-0.1, -0.05) is 13.8 Å². The highest BCUT2D eigenvalue weighted by molar-refractivity contribution is 5.91. The summed E-state index contributed by atoms with van der Waals surface area (Å²) in [6.07, 6.45) is 0.441. The average molecular weight is 272 g/mol. The van der Waals surface area contributed by atoms with Gasteiger partial charge >= 0.3 is 5.97 Å². The van der Waals surface area contributed by atoms with Gasteiger partial charge in [0.1, 0.15) is 12.1 Å². The maximum absolute atomic E-state index is 12.4. The summed E-state index contributed by atoms with van der Waals surface area (Å²) in [6, 6.07) is 0. The van der Waals surface area contributed by atoms with Gasteiger partial charge in [-0.25, -0.2) is 0 Å². The number of hydrogen-bond acceptors (Lipinski definition) is 5. The molecule has 0 saturated heterocycles. The van der Waals surface area contributed by atoms with Crippen LogP contribution in [0.25, 0.3) is 0 Å². The number of rotatable bonds is 5. The molecule has 2 N–H and O–H groups in total. The number of amides is 1. The fraction of sp³-hybridized carbons (Fsp3) is 0.846. The number of methoxy groups -OCH3 is 1. The number of hydrogen-bond donors (Lipinski definition) is 1. The van der Waals surface area contributed by atoms with Crippen molar-refractivity contribution in [1.29, 1.82) is 0 Å². The Morgan fingerprint density at radius 3 is 2.42 bits per heavy atom. The molecule has 0 aromatic rings. The quantitative estimate of drug-likeness (QED) is 0.720. The Hall–Kier alpha value is -1.14. The van der Waals surface area contributed by atoms with E-state index in [2.05, 4.69) is 4.74 Å². The molecule has 1 amide bonds. The second-order valence-corrected chi connectivity index (χ2v) is 5.58. The van der Waals surface area contributed by atoms with Gasteiger partial charge in [0.05, 0.1) is 13.2 Å². The van der Waals surface area contributed by atoms with Crippen molar-refractivity contribution >= 4 is 11.9 Å². The monoisotopic (exact) mass is 272 g/mol. The van der Waals surface area contributed by atoms with Crippen molar-refractivity contribution in [2.24, 2.45) is 11.1 Å². The highest BCUT2D eigenvalue weighted by atomic mass is 16.5. The molecule has 1 fully saturated rings. The summed E-state index contributed by atoms with van der Waals surface area (Å²) in [5.74, 6) is -0.711. The first kappa shape index (κ1) is 15.9. The van der Waals surface area contributed by atoms with Gasteiger partial charge in [-0.15, -0.1) is 0 Å². The van der Waals surface area contributed by atoms with Crippen LogP contribution in [0.5, 0.6) is 0 Å². The summed E-state index contributed by atoms with van der Waals surface area (Å²) < 4.78 is 10.1. The van der Waals surface area contributed by atoms with Crippen LogP contribution in [0, 0.1) is 5.41 Å². The second kappa shape index (κ2) is 5.46. The summed E-state index contributed by atoms with van der Waals surface area (Å²) in [4.78, 5) is 24.9. The molecule has 0 radical (unpaired) electrons. The third-order valence-electron chi connectivity index (χ3n) is 4.15. The molecule has 1 aliphatic carbocycles. The molecule has 6 nitrogen and oxygen atoms in total. The molecule has 0 bridgehead atoms. The van der Waals surface area contributed by atoms with Crippen LogP contribution in [0.2, 0.25) is 0 Å². The van der Waals surface area contributed by atoms with Gasteiger partial charge in [0.2, 0.25) is 5.91 Å². The molecule has 0 aromatic heterocycles. The van der Waals surface area contributed by atoms with Crippen LogP contribution in [-0.2, 0) is 19.1 Å². The first-order valence-corrected chi connectivity index (χ1v) is 6.43. The van der Waals surface area contributed by atoms with E-state index in [1.807, 2.05) is 20.8 Å². The molecule has 1 saturated carbocycles. The third kappa shape index (κ3) is 2.60. The molecule has 19 heavy (non-hydrogen) atoms. The zero-order valence-electron chi connectivity index (χ0n) is 12.4. The number of nitrogens with zero attached hydrogens (tertiary/aromatic N) is 1. The largest absolute Gasteiger partial charge is 0.468 e. The van der Waals surface area contributed by atoms with E-state index in [-0.39, 0.29) is 18.6 Å². The van der Waals surface area contributed by atoms with E-state index in [1.165, 1.54) is 12.0 Å². The van der Waals surface area contributed by atoms with Crippen LogP contribution >= 0.6 is 0 Å². The third-order valence-corrected chi connectivity index (χ3v) is 4.15. The lowest BCUT2D eigenvalue weighted by Crippen LogP contribution is -2.76. The van der Waals surface area contributed by atoms with Crippen LogP contribution in [0.15, 0.2) is 0 Å². The van der Waals surface area contributed by atoms with E-state index in [1.54, 1.807) is 7.05 Å². The summed E-state index contributed by atoms with van der Waals surface area (Å²) in [5, 5.41) is 0. The number of likely N-dealkylation sites (N-methyl/N-ethyl adjacent to an activating group) is 1. The normalized spacial score (nSPS) is 28.4. The number of nitrogens with two attached hydrogens (primary N) is 1. The second-order valence-electron chi connectivity index (χ2n) is 5.58. The molecular weight excluding hydrogens is 248 g/mol. The minimum absolute atomic E-state index is 0.0297. The van der Waals surface area contributed by atoms with Crippen LogP contribution in [-0.4, -0.2) is 55.7 Å². The molecule has 0 aromatic carbocycles. The minimum Gasteiger partial charge on any atom is -0.468 e. The van der Waals surface area contributed by atoms with Gasteiger partial charge in [-0.3, -0.25) is 9.59 Å². The molecule has 0 aliphatic heterocycles. The van der Waals surface area contributed by atoms with Crippen molar-refractivity contribution < 1.29 is 19.1 Å². The minimum atomic E-state index is -0.990. The average Bonchev–Trinajstić information content (AvgIpc) is 2.36. The SMILES string of the molecule is CCOC1CC(N)(C(=O)N(C)CC(=O)OC)C1(C)C. The van der Waals surface area contributed by atoms with E-state index in [9.17, 15) is 9.59 Å². The van der Waals surface area contributed by atoms with Crippen molar-refractivity contribution in [3.05, 3.63) is 0 Å². The van der Waals surface area contributed by atoms with E-state index < -0.39 is 16.9 Å². The van der Waals surface area contributed by atoms with Gasteiger partial charge < -0.3 is 20.1 Å². The first-order chi connectivity index (χ1) is 8.70. The van der Waals surface area contributed by atoms with Gasteiger partial charge in [-0.05, 0) is 6.92 Å². The molecule has 2 atom stereocenters. The van der Waals surface area contributed by atoms with Crippen LogP contribution in [0.1, 0.15) is 27.2 Å². The summed E-state index contributed by atoms with van der Waals surface area (Å²) in [6.45, 7) is 6.25. The Balaban J connectivity index is 2.74. The lowest BCUT2D eigenvalue weighted by atomic mass is 9.54. The van der Waals surface area contributed by atoms with Gasteiger partial charge in [0.25, 0.3) is 0 Å². The summed E-state index contributed by atoms with van der Waals surface area (Å²) in [5.41, 5.74) is 4.80. The Morgan fingerprint density at radius 1 is 1.42 bits per heavy atom. The smallest absolute Gasteiger partial charge is 0.325 e. The van der Waals surface area contributed by atoms with Crippen molar-refractivity contribution in [1.82, 2.24) is 4.90 Å². The van der Waals surface area contributed by atoms with Gasteiger partial charge in [0, 0.05) is 25.5 Å². The van der Waals surface area contributed by atoms with Crippen LogP contribution < -0.4 is 5.73 Å². The summed E-state index contributed by atoms with van der Waals surface area (Å²) in [7, 11) is 2.84. The predicted molar refractivity (Wildman–Crippen MR) is 70.4 cm³/mol. The van der Waals surface area contributed by atoms with Crippen LogP contribution in [0.4, 0.5) is 0 Å². The molecule has 6 heteroatoms. The number of carbonyl (C=O) groups is 2. The van der Waals surface area contributed by atoms with Crippen molar-refractivity contribution in [3.63, 3.8) is 0 Å². The number of carbonyl (C=O) groups excluding carboxylic acids is 2. The molecular formula is C13H24N2O4. The maximum atomic E-state index is 12.4. The molecule has 0 spiro atoms. The van der Waals surface area contributed by atoms with Crippen LogP contribution in [0.3, 0.4) is 0 Å². The Kier molecular flexibility index (Phi) is 4.58. The zero-order chi connectivity index (χ0) is 14.8. The highest BCUT2D eigenvalue weighted by Gasteiger charge is 2.63. The fourth-order valence-electron chi connectivity index (χ4n) is 2.47. The first-order valence-electron chi connectivity index (χ1n) is 6.43. The van der Waals surface area contributed by atoms with Gasteiger partial charge in [0.15, 0.2) is 0 Å². The van der Waals surface area contributed by atoms with E-state index in [0.29, 0.717) is 13.0 Å². The molecule has 110 valence electrons. The number of ether oxygens (including phenoxy) is 2. The molecule has 1 aliphatic rings. The Labute approximate surface area is 114 Å². The Bertz CT molecular complexity index is 370. The van der Waals surface area contributed by atoms with Crippen molar-refractivity contribution in [2.75, 3.05) is 27.3 Å². The van der Waals surface area contributed by atoms with E-state index in [0.717, 1.165) is 0 Å². The van der Waals surface area contributed by atoms with Gasteiger partial charge in [-0.2, -0.15) is 0 Å². The molecule has 1 rings (SSSR count). The predicted octanol–water partition coefficient (Wildman–Crippen LogP) is 0.150. The van der Waals surface area contributed by atoms with Crippen molar-refractivity contribution in [2.45, 2.75) is 38.8 Å². The lowest BCUT2D eigenvalue weighted by Gasteiger charge is -2.58. The molecule has 0 heterocycles. The maximum Gasteiger partial charge on any atom is 0.325 e. The Morgan fingerprint density at radius 2 is 2.00 bits per heavy atom. The zero-order valence-corrected chi connectivity index (χ0v) is 12.4. The lowest BCUT2D eigenvalue weighted by molar-refractivity contribution is -0.179. The van der Waals surface area contributed by atoms with Crippen molar-refractivity contribution in [3.8, 4) is 0 Å².